The second-order valence-electron chi connectivity index (χ2n) is 3.60. The average Bonchev–Trinajstić information content (AvgIpc) is 2.17. The predicted molar refractivity (Wildman–Crippen MR) is 53.3 cm³/mol. The van der Waals surface area contributed by atoms with Crippen LogP contribution in [0.1, 0.15) is 18.9 Å². The zero-order valence-corrected chi connectivity index (χ0v) is 7.96. The highest BCUT2D eigenvalue weighted by Gasteiger charge is 2.19. The van der Waals surface area contributed by atoms with E-state index >= 15 is 0 Å². The molecule has 1 nitrogen and oxygen atoms in total. The van der Waals surface area contributed by atoms with Gasteiger partial charge in [-0.05, 0) is 25.3 Å². The van der Waals surface area contributed by atoms with Gasteiger partial charge in [0.2, 0.25) is 0 Å². The highest BCUT2D eigenvalue weighted by atomic mass is 19.1. The van der Waals surface area contributed by atoms with E-state index in [1.807, 2.05) is 30.3 Å². The van der Waals surface area contributed by atoms with Crippen molar-refractivity contribution < 1.29 is 4.39 Å². The summed E-state index contributed by atoms with van der Waals surface area (Å²) in [4.78, 5) is 0. The number of halogens is 1. The standard InChI is InChI=1S/C11H16FN/c1-11(12,9-13)8-7-10-5-3-2-4-6-10/h2-6H,7-9,13H2,1H3. The van der Waals surface area contributed by atoms with E-state index in [1.54, 1.807) is 6.92 Å². The Morgan fingerprint density at radius 3 is 2.46 bits per heavy atom. The van der Waals surface area contributed by atoms with E-state index in [0.29, 0.717) is 6.42 Å². The van der Waals surface area contributed by atoms with E-state index in [4.69, 9.17) is 5.73 Å². The highest BCUT2D eigenvalue weighted by molar-refractivity contribution is 5.15. The second-order valence-corrected chi connectivity index (χ2v) is 3.60. The molecular weight excluding hydrogens is 165 g/mol. The molecule has 1 aromatic carbocycles. The summed E-state index contributed by atoms with van der Waals surface area (Å²) in [5, 5.41) is 0. The lowest BCUT2D eigenvalue weighted by Gasteiger charge is -2.17. The molecule has 0 spiro atoms. The summed E-state index contributed by atoms with van der Waals surface area (Å²) in [6.07, 6.45) is 1.25. The largest absolute Gasteiger partial charge is 0.328 e. The van der Waals surface area contributed by atoms with E-state index in [0.717, 1.165) is 6.42 Å². The minimum Gasteiger partial charge on any atom is -0.328 e. The first-order valence-corrected chi connectivity index (χ1v) is 4.57. The monoisotopic (exact) mass is 181 g/mol. The predicted octanol–water partition coefficient (Wildman–Crippen LogP) is 2.31. The molecular formula is C11H16FN. The van der Waals surface area contributed by atoms with Gasteiger partial charge in [-0.1, -0.05) is 30.3 Å². The summed E-state index contributed by atoms with van der Waals surface area (Å²) in [6, 6.07) is 9.90. The fourth-order valence-electron chi connectivity index (χ4n) is 1.15. The van der Waals surface area contributed by atoms with Gasteiger partial charge in [-0.15, -0.1) is 0 Å². The van der Waals surface area contributed by atoms with Crippen LogP contribution in [-0.4, -0.2) is 12.2 Å². The van der Waals surface area contributed by atoms with Gasteiger partial charge < -0.3 is 5.73 Å². The van der Waals surface area contributed by atoms with Crippen LogP contribution < -0.4 is 5.73 Å². The molecule has 72 valence electrons. The van der Waals surface area contributed by atoms with Gasteiger partial charge in [0.25, 0.3) is 0 Å². The molecule has 0 aliphatic carbocycles. The number of hydrogen-bond acceptors (Lipinski definition) is 1. The number of hydrogen-bond donors (Lipinski definition) is 1. The Bertz CT molecular complexity index is 244. The minimum atomic E-state index is -1.23. The van der Waals surface area contributed by atoms with Crippen LogP contribution in [0.25, 0.3) is 0 Å². The van der Waals surface area contributed by atoms with Crippen molar-refractivity contribution in [2.45, 2.75) is 25.4 Å². The summed E-state index contributed by atoms with van der Waals surface area (Å²) < 4.78 is 13.4. The number of aryl methyl sites for hydroxylation is 1. The van der Waals surface area contributed by atoms with Gasteiger partial charge in [0.1, 0.15) is 5.67 Å². The van der Waals surface area contributed by atoms with E-state index in [9.17, 15) is 4.39 Å². The van der Waals surface area contributed by atoms with Crippen molar-refractivity contribution in [2.75, 3.05) is 6.54 Å². The van der Waals surface area contributed by atoms with Crippen LogP contribution in [-0.2, 0) is 6.42 Å². The fraction of sp³-hybridized carbons (Fsp3) is 0.455. The second kappa shape index (κ2) is 4.38. The lowest BCUT2D eigenvalue weighted by Crippen LogP contribution is -2.29. The molecule has 0 radical (unpaired) electrons. The number of alkyl halides is 1. The zero-order valence-electron chi connectivity index (χ0n) is 7.96. The minimum absolute atomic E-state index is 0.0971. The van der Waals surface area contributed by atoms with Crippen molar-refractivity contribution in [1.29, 1.82) is 0 Å². The Morgan fingerprint density at radius 1 is 1.31 bits per heavy atom. The molecule has 0 bridgehead atoms. The number of nitrogens with two attached hydrogens (primary N) is 1. The summed E-state index contributed by atoms with van der Waals surface area (Å²) in [6.45, 7) is 1.65. The van der Waals surface area contributed by atoms with Crippen molar-refractivity contribution in [1.82, 2.24) is 0 Å². The molecule has 0 saturated carbocycles. The average molecular weight is 181 g/mol. The maximum Gasteiger partial charge on any atom is 0.120 e. The first-order valence-electron chi connectivity index (χ1n) is 4.57. The van der Waals surface area contributed by atoms with Crippen molar-refractivity contribution in [3.05, 3.63) is 35.9 Å². The normalized spacial score (nSPS) is 15.3. The third kappa shape index (κ3) is 3.55. The maximum atomic E-state index is 13.4. The molecule has 0 aliphatic heterocycles. The van der Waals surface area contributed by atoms with Crippen LogP contribution in [0.4, 0.5) is 4.39 Å². The molecule has 0 heterocycles. The van der Waals surface area contributed by atoms with Crippen LogP contribution in [0.2, 0.25) is 0 Å². The topological polar surface area (TPSA) is 26.0 Å². The van der Waals surface area contributed by atoms with Gasteiger partial charge in [-0.2, -0.15) is 0 Å². The fourth-order valence-corrected chi connectivity index (χ4v) is 1.15. The molecule has 1 rings (SSSR count). The van der Waals surface area contributed by atoms with E-state index in [1.165, 1.54) is 5.56 Å². The van der Waals surface area contributed by atoms with Gasteiger partial charge in [-0.25, -0.2) is 4.39 Å². The Labute approximate surface area is 78.8 Å². The quantitative estimate of drug-likeness (QED) is 0.757. The molecule has 1 atom stereocenters. The van der Waals surface area contributed by atoms with Crippen molar-refractivity contribution >= 4 is 0 Å². The Kier molecular flexibility index (Phi) is 3.43. The van der Waals surface area contributed by atoms with E-state index in [-0.39, 0.29) is 6.54 Å². The van der Waals surface area contributed by atoms with Crippen LogP contribution in [0.15, 0.2) is 30.3 Å². The summed E-state index contributed by atoms with van der Waals surface area (Å²) in [5.74, 6) is 0. The van der Waals surface area contributed by atoms with Crippen LogP contribution in [0.3, 0.4) is 0 Å². The van der Waals surface area contributed by atoms with Crippen molar-refractivity contribution in [3.63, 3.8) is 0 Å². The molecule has 1 unspecified atom stereocenters. The van der Waals surface area contributed by atoms with Crippen LogP contribution in [0, 0.1) is 0 Å². The highest BCUT2D eigenvalue weighted by Crippen LogP contribution is 2.16. The lowest BCUT2D eigenvalue weighted by molar-refractivity contribution is 0.186. The van der Waals surface area contributed by atoms with Crippen molar-refractivity contribution in [2.24, 2.45) is 5.73 Å². The maximum absolute atomic E-state index is 13.4. The van der Waals surface area contributed by atoms with Gasteiger partial charge in [0.15, 0.2) is 0 Å². The summed E-state index contributed by atoms with van der Waals surface area (Å²) in [7, 11) is 0. The summed E-state index contributed by atoms with van der Waals surface area (Å²) >= 11 is 0. The lowest BCUT2D eigenvalue weighted by atomic mass is 9.99. The third-order valence-electron chi connectivity index (χ3n) is 2.20. The first kappa shape index (κ1) is 10.2. The molecule has 1 aromatic rings. The van der Waals surface area contributed by atoms with Gasteiger partial charge in [0.05, 0.1) is 0 Å². The molecule has 2 heteroatoms. The first-order chi connectivity index (χ1) is 6.14. The molecule has 13 heavy (non-hydrogen) atoms. The Morgan fingerprint density at radius 2 is 1.92 bits per heavy atom. The number of rotatable bonds is 4. The molecule has 0 amide bonds. The molecule has 0 saturated heterocycles. The zero-order chi connectivity index (χ0) is 9.73. The van der Waals surface area contributed by atoms with Crippen molar-refractivity contribution in [3.8, 4) is 0 Å². The Balaban J connectivity index is 2.44. The van der Waals surface area contributed by atoms with Crippen LogP contribution >= 0.6 is 0 Å². The molecule has 0 aromatic heterocycles. The van der Waals surface area contributed by atoms with Gasteiger partial charge in [-0.3, -0.25) is 0 Å². The molecule has 2 N–H and O–H groups in total. The third-order valence-corrected chi connectivity index (χ3v) is 2.20. The van der Waals surface area contributed by atoms with Crippen LogP contribution in [0.5, 0.6) is 0 Å². The smallest absolute Gasteiger partial charge is 0.120 e. The number of benzene rings is 1. The van der Waals surface area contributed by atoms with Gasteiger partial charge in [0, 0.05) is 6.54 Å². The molecule has 0 fully saturated rings. The van der Waals surface area contributed by atoms with E-state index in [2.05, 4.69) is 0 Å². The van der Waals surface area contributed by atoms with E-state index < -0.39 is 5.67 Å². The SMILES string of the molecule is CC(F)(CN)CCc1ccccc1. The van der Waals surface area contributed by atoms with Gasteiger partial charge >= 0.3 is 0 Å². The molecule has 0 aliphatic rings. The summed E-state index contributed by atoms with van der Waals surface area (Å²) in [5.41, 5.74) is 5.24. The Hall–Kier alpha value is -0.890.